The van der Waals surface area contributed by atoms with Gasteiger partial charge in [0, 0.05) is 18.0 Å². The van der Waals surface area contributed by atoms with Crippen LogP contribution in [0.15, 0.2) is 78.2 Å². The Morgan fingerprint density at radius 2 is 2.09 bits per heavy atom. The molecule has 22 heavy (non-hydrogen) atoms. The Hall–Kier alpha value is -3.21. The number of nitrogens with zero attached hydrogens (tertiary/aromatic N) is 2. The Balaban J connectivity index is 2.12. The van der Waals surface area contributed by atoms with E-state index in [9.17, 15) is 4.79 Å². The first-order chi connectivity index (χ1) is 10.7. The number of hydrogen-bond acceptors (Lipinski definition) is 4. The molecule has 2 rings (SSSR count). The second-order valence-corrected chi connectivity index (χ2v) is 4.22. The lowest BCUT2D eigenvalue weighted by atomic mass is 10.3. The zero-order valence-electron chi connectivity index (χ0n) is 11.9. The number of carbonyl (C=O) groups excluding carboxylic acids is 1. The Labute approximate surface area is 128 Å². The molecule has 0 fully saturated rings. The third-order valence-corrected chi connectivity index (χ3v) is 2.64. The van der Waals surface area contributed by atoms with Gasteiger partial charge in [-0.25, -0.2) is 0 Å². The largest absolute Gasteiger partial charge is 0.456 e. The Morgan fingerprint density at radius 1 is 1.27 bits per heavy atom. The summed E-state index contributed by atoms with van der Waals surface area (Å²) in [6.07, 6.45) is 6.24. The molecule has 0 aliphatic carbocycles. The minimum atomic E-state index is -0.367. The quantitative estimate of drug-likeness (QED) is 0.503. The van der Waals surface area contributed by atoms with Gasteiger partial charge >= 0.3 is 0 Å². The Morgan fingerprint density at radius 3 is 2.77 bits per heavy atom. The van der Waals surface area contributed by atoms with Gasteiger partial charge < -0.3 is 10.1 Å². The normalized spacial score (nSPS) is 10.6. The van der Waals surface area contributed by atoms with Crippen molar-refractivity contribution in [2.75, 3.05) is 5.32 Å². The number of allylic oxidation sites excluding steroid dienone is 2. The first-order valence-corrected chi connectivity index (χ1v) is 6.51. The van der Waals surface area contributed by atoms with Crippen LogP contribution < -0.4 is 10.1 Å². The molecule has 2 aromatic rings. The van der Waals surface area contributed by atoms with E-state index in [-0.39, 0.29) is 11.6 Å². The lowest BCUT2D eigenvalue weighted by Gasteiger charge is -2.08. The van der Waals surface area contributed by atoms with Gasteiger partial charge in [0.15, 0.2) is 0 Å². The number of amides is 1. The van der Waals surface area contributed by atoms with E-state index in [1.807, 2.05) is 0 Å². The van der Waals surface area contributed by atoms with Crippen LogP contribution in [-0.4, -0.2) is 17.6 Å². The molecule has 1 N–H and O–H groups in total. The van der Waals surface area contributed by atoms with E-state index in [1.54, 1.807) is 48.8 Å². The maximum Gasteiger partial charge on any atom is 0.274 e. The van der Waals surface area contributed by atoms with Crippen molar-refractivity contribution in [1.82, 2.24) is 4.98 Å². The summed E-state index contributed by atoms with van der Waals surface area (Å²) in [4.78, 5) is 19.6. The standard InChI is InChI=1S/C17H15N3O2/c1-3-6-16(18-2)17(21)20-13-7-4-8-14(11-13)22-15-9-5-10-19-12-15/h3-12H,1-2H2,(H,20,21)/b16-6-. The Kier molecular flexibility index (Phi) is 5.20. The van der Waals surface area contributed by atoms with E-state index in [1.165, 1.54) is 12.2 Å². The van der Waals surface area contributed by atoms with Gasteiger partial charge in [-0.05, 0) is 37.1 Å². The van der Waals surface area contributed by atoms with E-state index >= 15 is 0 Å². The van der Waals surface area contributed by atoms with E-state index in [0.29, 0.717) is 17.2 Å². The van der Waals surface area contributed by atoms with Crippen LogP contribution in [0, 0.1) is 0 Å². The molecule has 1 aromatic carbocycles. The summed E-state index contributed by atoms with van der Waals surface area (Å²) in [6.45, 7) is 6.89. The van der Waals surface area contributed by atoms with E-state index in [4.69, 9.17) is 4.74 Å². The van der Waals surface area contributed by atoms with Crippen LogP contribution >= 0.6 is 0 Å². The van der Waals surface area contributed by atoms with Crippen molar-refractivity contribution in [2.45, 2.75) is 0 Å². The van der Waals surface area contributed by atoms with Crippen LogP contribution in [0.25, 0.3) is 0 Å². The number of pyridine rings is 1. The average Bonchev–Trinajstić information content (AvgIpc) is 2.53. The van der Waals surface area contributed by atoms with E-state index < -0.39 is 0 Å². The van der Waals surface area contributed by atoms with E-state index in [2.05, 4.69) is 28.6 Å². The highest BCUT2D eigenvalue weighted by Crippen LogP contribution is 2.23. The molecule has 0 radical (unpaired) electrons. The van der Waals surface area contributed by atoms with Gasteiger partial charge in [-0.15, -0.1) is 0 Å². The highest BCUT2D eigenvalue weighted by molar-refractivity contribution is 6.04. The van der Waals surface area contributed by atoms with Crippen LogP contribution in [0.2, 0.25) is 0 Å². The van der Waals surface area contributed by atoms with E-state index in [0.717, 1.165) is 0 Å². The molecule has 0 aliphatic rings. The highest BCUT2D eigenvalue weighted by Gasteiger charge is 2.07. The maximum atomic E-state index is 12.0. The fraction of sp³-hybridized carbons (Fsp3) is 0. The SMILES string of the molecule is C=C/C=C(\N=C)C(=O)Nc1cccc(Oc2cccnc2)c1. The molecule has 110 valence electrons. The summed E-state index contributed by atoms with van der Waals surface area (Å²) in [5.74, 6) is 0.839. The molecule has 5 heteroatoms. The zero-order chi connectivity index (χ0) is 15.8. The minimum absolute atomic E-state index is 0.189. The van der Waals surface area contributed by atoms with Crippen molar-refractivity contribution in [3.05, 3.63) is 73.2 Å². The molecule has 0 aliphatic heterocycles. The molecule has 1 aromatic heterocycles. The zero-order valence-corrected chi connectivity index (χ0v) is 11.9. The van der Waals surface area contributed by atoms with Crippen molar-refractivity contribution >= 4 is 18.3 Å². The molecular formula is C17H15N3O2. The van der Waals surface area contributed by atoms with Crippen molar-refractivity contribution in [3.63, 3.8) is 0 Å². The summed E-state index contributed by atoms with van der Waals surface area (Å²) in [7, 11) is 0. The van der Waals surface area contributed by atoms with Crippen LogP contribution in [0.4, 0.5) is 5.69 Å². The molecule has 0 atom stereocenters. The van der Waals surface area contributed by atoms with Gasteiger partial charge in [-0.2, -0.15) is 0 Å². The number of benzene rings is 1. The molecule has 0 unspecified atom stereocenters. The minimum Gasteiger partial charge on any atom is -0.456 e. The van der Waals surface area contributed by atoms with Crippen LogP contribution in [0.1, 0.15) is 0 Å². The second kappa shape index (κ2) is 7.54. The smallest absolute Gasteiger partial charge is 0.274 e. The number of aliphatic imine (C=N–C) groups is 1. The molecule has 0 spiro atoms. The molecule has 1 heterocycles. The van der Waals surface area contributed by atoms with Gasteiger partial charge in [0.1, 0.15) is 17.2 Å². The van der Waals surface area contributed by atoms with Crippen molar-refractivity contribution in [3.8, 4) is 11.5 Å². The van der Waals surface area contributed by atoms with Crippen molar-refractivity contribution in [1.29, 1.82) is 0 Å². The number of nitrogens with one attached hydrogen (secondary N) is 1. The summed E-state index contributed by atoms with van der Waals surface area (Å²) in [5.41, 5.74) is 0.776. The third-order valence-electron chi connectivity index (χ3n) is 2.64. The predicted octanol–water partition coefficient (Wildman–Crippen LogP) is 3.58. The maximum absolute atomic E-state index is 12.0. The Bertz CT molecular complexity index is 709. The fourth-order valence-corrected chi connectivity index (χ4v) is 1.69. The summed E-state index contributed by atoms with van der Waals surface area (Å²) in [5, 5.41) is 2.72. The number of hydrogen-bond donors (Lipinski definition) is 1. The van der Waals surface area contributed by atoms with Gasteiger partial charge in [0.05, 0.1) is 6.20 Å². The van der Waals surface area contributed by atoms with Crippen molar-refractivity contribution in [2.24, 2.45) is 4.99 Å². The second-order valence-electron chi connectivity index (χ2n) is 4.22. The molecule has 0 saturated heterocycles. The molecule has 5 nitrogen and oxygen atoms in total. The summed E-state index contributed by atoms with van der Waals surface area (Å²) < 4.78 is 5.65. The van der Waals surface area contributed by atoms with Crippen LogP contribution in [0.5, 0.6) is 11.5 Å². The summed E-state index contributed by atoms with van der Waals surface area (Å²) >= 11 is 0. The van der Waals surface area contributed by atoms with Crippen LogP contribution in [-0.2, 0) is 4.79 Å². The molecule has 0 saturated carbocycles. The molecule has 1 amide bonds. The number of rotatable bonds is 6. The number of carbonyl (C=O) groups is 1. The first kappa shape index (κ1) is 15.2. The summed E-state index contributed by atoms with van der Waals surface area (Å²) in [6, 6.07) is 10.6. The van der Waals surface area contributed by atoms with Gasteiger partial charge in [-0.3, -0.25) is 14.8 Å². The van der Waals surface area contributed by atoms with Crippen molar-refractivity contribution < 1.29 is 9.53 Å². The lowest BCUT2D eigenvalue weighted by Crippen LogP contribution is -2.13. The van der Waals surface area contributed by atoms with Gasteiger partial charge in [-0.1, -0.05) is 18.7 Å². The number of aromatic nitrogens is 1. The monoisotopic (exact) mass is 293 g/mol. The van der Waals surface area contributed by atoms with Gasteiger partial charge in [0.2, 0.25) is 0 Å². The number of anilines is 1. The lowest BCUT2D eigenvalue weighted by molar-refractivity contribution is -0.112. The first-order valence-electron chi connectivity index (χ1n) is 6.51. The predicted molar refractivity (Wildman–Crippen MR) is 87.2 cm³/mol. The van der Waals surface area contributed by atoms with Gasteiger partial charge in [0.25, 0.3) is 5.91 Å². The highest BCUT2D eigenvalue weighted by atomic mass is 16.5. The average molecular weight is 293 g/mol. The molecule has 0 bridgehead atoms. The topological polar surface area (TPSA) is 63.6 Å². The van der Waals surface area contributed by atoms with Crippen LogP contribution in [0.3, 0.4) is 0 Å². The third kappa shape index (κ3) is 4.14. The fourth-order valence-electron chi connectivity index (χ4n) is 1.69. The number of ether oxygens (including phenoxy) is 1. The molecular weight excluding hydrogens is 278 g/mol.